The van der Waals surface area contributed by atoms with Crippen LogP contribution in [0.15, 0.2) is 28.8 Å². The van der Waals surface area contributed by atoms with Crippen LogP contribution in [0.1, 0.15) is 69.6 Å². The summed E-state index contributed by atoms with van der Waals surface area (Å²) in [5, 5.41) is 13.0. The molecule has 1 aliphatic rings. The van der Waals surface area contributed by atoms with Crippen molar-refractivity contribution in [3.63, 3.8) is 0 Å². The number of hydrogen-bond acceptors (Lipinski definition) is 6. The monoisotopic (exact) mass is 387 g/mol. The second-order valence-electron chi connectivity index (χ2n) is 7.56. The van der Waals surface area contributed by atoms with Gasteiger partial charge in [0.1, 0.15) is 5.75 Å². The Balaban J connectivity index is 1.65. The molecule has 1 atom stereocenters. The summed E-state index contributed by atoms with van der Waals surface area (Å²) in [6, 6.07) is 7.41. The van der Waals surface area contributed by atoms with Crippen molar-refractivity contribution in [2.24, 2.45) is 5.92 Å². The lowest BCUT2D eigenvalue weighted by molar-refractivity contribution is -0.129. The van der Waals surface area contributed by atoms with E-state index < -0.39 is 5.91 Å². The van der Waals surface area contributed by atoms with Crippen molar-refractivity contribution in [2.75, 3.05) is 7.11 Å². The molecule has 0 spiro atoms. The lowest BCUT2D eigenvalue weighted by atomic mass is 9.84. The van der Waals surface area contributed by atoms with Crippen LogP contribution in [0.4, 0.5) is 0 Å². The summed E-state index contributed by atoms with van der Waals surface area (Å²) in [7, 11) is 1.62. The number of rotatable bonds is 9. The van der Waals surface area contributed by atoms with Crippen molar-refractivity contribution in [2.45, 2.75) is 63.7 Å². The molecule has 1 saturated carbocycles. The second-order valence-corrected chi connectivity index (χ2v) is 7.56. The molecule has 1 heterocycles. The molecule has 1 aromatic heterocycles. The Labute approximate surface area is 165 Å². The molecule has 1 aromatic carbocycles. The quantitative estimate of drug-likeness (QED) is 0.486. The standard InChI is InChI=1S/C21H29N3O4/c1-27-18-12-10-16(11-13-18)20-22-21(28-24-20)17(14-19(25)23-26)9-5-8-15-6-3-2-4-7-15/h10-13,15,17,26H,2-9,14H2,1H3,(H,23,25). The number of aromatic nitrogens is 2. The SMILES string of the molecule is COc1ccc(-c2noc(C(CCCC3CCCCC3)CC(=O)NO)n2)cc1. The van der Waals surface area contributed by atoms with Crippen LogP contribution in [-0.4, -0.2) is 28.4 Å². The third-order valence-corrected chi connectivity index (χ3v) is 5.59. The average molecular weight is 387 g/mol. The fraction of sp³-hybridized carbons (Fsp3) is 0.571. The van der Waals surface area contributed by atoms with Gasteiger partial charge in [0.15, 0.2) is 0 Å². The summed E-state index contributed by atoms with van der Waals surface area (Å²) in [5.41, 5.74) is 2.54. The smallest absolute Gasteiger partial charge is 0.244 e. The Hall–Kier alpha value is -2.41. The Bertz CT molecular complexity index is 738. The zero-order valence-corrected chi connectivity index (χ0v) is 16.4. The Morgan fingerprint density at radius 1 is 1.29 bits per heavy atom. The lowest BCUT2D eigenvalue weighted by Gasteiger charge is -2.22. The summed E-state index contributed by atoms with van der Waals surface area (Å²) < 4.78 is 10.6. The van der Waals surface area contributed by atoms with Gasteiger partial charge in [-0.25, -0.2) is 5.48 Å². The van der Waals surface area contributed by atoms with Crippen molar-refractivity contribution in [1.82, 2.24) is 15.6 Å². The average Bonchev–Trinajstić information content (AvgIpc) is 3.24. The number of hydrogen-bond donors (Lipinski definition) is 2. The molecular formula is C21H29N3O4. The molecule has 1 unspecified atom stereocenters. The number of carbonyl (C=O) groups is 1. The third kappa shape index (κ3) is 5.55. The van der Waals surface area contributed by atoms with E-state index in [1.165, 1.54) is 32.1 Å². The molecule has 152 valence electrons. The maximum Gasteiger partial charge on any atom is 0.244 e. The molecule has 2 aromatic rings. The molecule has 0 bridgehead atoms. The van der Waals surface area contributed by atoms with Gasteiger partial charge in [0.2, 0.25) is 17.6 Å². The Morgan fingerprint density at radius 3 is 2.71 bits per heavy atom. The Kier molecular flexibility index (Phi) is 7.42. The van der Waals surface area contributed by atoms with Crippen molar-refractivity contribution >= 4 is 5.91 Å². The van der Waals surface area contributed by atoms with Gasteiger partial charge < -0.3 is 9.26 Å². The summed E-state index contributed by atoms with van der Waals surface area (Å²) in [5.74, 6) is 1.84. The van der Waals surface area contributed by atoms with Crippen molar-refractivity contribution in [3.05, 3.63) is 30.2 Å². The normalized spacial score (nSPS) is 15.9. The molecule has 0 radical (unpaired) electrons. The minimum Gasteiger partial charge on any atom is -0.497 e. The number of ether oxygens (including phenoxy) is 1. The van der Waals surface area contributed by atoms with Crippen LogP contribution in [0, 0.1) is 5.92 Å². The highest BCUT2D eigenvalue weighted by Crippen LogP contribution is 2.31. The molecule has 1 fully saturated rings. The first-order chi connectivity index (χ1) is 13.7. The number of hydroxylamine groups is 1. The first-order valence-corrected chi connectivity index (χ1v) is 10.1. The van der Waals surface area contributed by atoms with Gasteiger partial charge in [-0.2, -0.15) is 4.98 Å². The van der Waals surface area contributed by atoms with Crippen LogP contribution in [0.5, 0.6) is 5.75 Å². The first-order valence-electron chi connectivity index (χ1n) is 10.1. The maximum absolute atomic E-state index is 11.7. The molecule has 3 rings (SSSR count). The van der Waals surface area contributed by atoms with Crippen molar-refractivity contribution in [1.29, 1.82) is 0 Å². The molecule has 1 amide bonds. The van der Waals surface area contributed by atoms with E-state index in [0.717, 1.165) is 36.5 Å². The summed E-state index contributed by atoms with van der Waals surface area (Å²) in [6.45, 7) is 0. The van der Waals surface area contributed by atoms with Crippen molar-refractivity contribution < 1.29 is 19.3 Å². The molecule has 0 saturated heterocycles. The minimum absolute atomic E-state index is 0.130. The van der Waals surface area contributed by atoms with E-state index in [2.05, 4.69) is 10.1 Å². The molecule has 1 aliphatic carbocycles. The van der Waals surface area contributed by atoms with E-state index in [9.17, 15) is 4.79 Å². The first kappa shape index (κ1) is 20.3. The number of nitrogens with one attached hydrogen (secondary N) is 1. The zero-order chi connectivity index (χ0) is 19.8. The predicted octanol–water partition coefficient (Wildman–Crippen LogP) is 4.47. The van der Waals surface area contributed by atoms with Gasteiger partial charge in [0.25, 0.3) is 0 Å². The molecule has 28 heavy (non-hydrogen) atoms. The summed E-state index contributed by atoms with van der Waals surface area (Å²) in [4.78, 5) is 16.3. The van der Waals surface area contributed by atoms with Gasteiger partial charge >= 0.3 is 0 Å². The van der Waals surface area contributed by atoms with Crippen LogP contribution in [-0.2, 0) is 4.79 Å². The highest BCUT2D eigenvalue weighted by atomic mass is 16.5. The fourth-order valence-corrected chi connectivity index (χ4v) is 3.97. The van der Waals surface area contributed by atoms with Crippen LogP contribution < -0.4 is 10.2 Å². The highest BCUT2D eigenvalue weighted by Gasteiger charge is 2.23. The number of benzene rings is 1. The van der Waals surface area contributed by atoms with E-state index in [0.29, 0.717) is 11.7 Å². The minimum atomic E-state index is -0.438. The second kappa shape index (κ2) is 10.2. The topological polar surface area (TPSA) is 97.5 Å². The number of methoxy groups -OCH3 is 1. The van der Waals surface area contributed by atoms with Gasteiger partial charge in [0, 0.05) is 17.9 Å². The van der Waals surface area contributed by atoms with Gasteiger partial charge in [0.05, 0.1) is 7.11 Å². The van der Waals surface area contributed by atoms with Gasteiger partial charge in [-0.1, -0.05) is 50.1 Å². The molecule has 7 nitrogen and oxygen atoms in total. The largest absolute Gasteiger partial charge is 0.497 e. The fourth-order valence-electron chi connectivity index (χ4n) is 3.97. The molecule has 2 N–H and O–H groups in total. The van der Waals surface area contributed by atoms with Crippen LogP contribution in [0.3, 0.4) is 0 Å². The van der Waals surface area contributed by atoms with E-state index in [-0.39, 0.29) is 12.3 Å². The third-order valence-electron chi connectivity index (χ3n) is 5.59. The molecule has 7 heteroatoms. The van der Waals surface area contributed by atoms with Gasteiger partial charge in [-0.05, 0) is 36.6 Å². The van der Waals surface area contributed by atoms with Crippen molar-refractivity contribution in [3.8, 4) is 17.1 Å². The number of carbonyl (C=O) groups excluding carboxylic acids is 1. The maximum atomic E-state index is 11.7. The zero-order valence-electron chi connectivity index (χ0n) is 16.4. The lowest BCUT2D eigenvalue weighted by Crippen LogP contribution is -2.21. The van der Waals surface area contributed by atoms with E-state index in [4.69, 9.17) is 14.5 Å². The number of amides is 1. The van der Waals surface area contributed by atoms with E-state index in [1.807, 2.05) is 24.3 Å². The van der Waals surface area contributed by atoms with Gasteiger partial charge in [-0.3, -0.25) is 10.0 Å². The van der Waals surface area contributed by atoms with E-state index in [1.54, 1.807) is 12.6 Å². The Morgan fingerprint density at radius 2 is 2.04 bits per heavy atom. The molecular weight excluding hydrogens is 358 g/mol. The molecule has 0 aliphatic heterocycles. The number of nitrogens with zero attached hydrogens (tertiary/aromatic N) is 2. The van der Waals surface area contributed by atoms with Gasteiger partial charge in [-0.15, -0.1) is 0 Å². The van der Waals surface area contributed by atoms with Crippen LogP contribution >= 0.6 is 0 Å². The summed E-state index contributed by atoms with van der Waals surface area (Å²) >= 11 is 0. The predicted molar refractivity (Wildman–Crippen MR) is 104 cm³/mol. The summed E-state index contributed by atoms with van der Waals surface area (Å²) in [6.07, 6.45) is 9.72. The highest BCUT2D eigenvalue weighted by molar-refractivity contribution is 5.75. The van der Waals surface area contributed by atoms with Crippen LogP contribution in [0.2, 0.25) is 0 Å². The van der Waals surface area contributed by atoms with E-state index >= 15 is 0 Å². The van der Waals surface area contributed by atoms with Crippen LogP contribution in [0.25, 0.3) is 11.4 Å².